The summed E-state index contributed by atoms with van der Waals surface area (Å²) in [6.07, 6.45) is 0. The number of benzene rings is 2. The van der Waals surface area contributed by atoms with Crippen LogP contribution in [0.4, 0.5) is 0 Å². The van der Waals surface area contributed by atoms with Crippen LogP contribution in [0.2, 0.25) is 5.02 Å². The summed E-state index contributed by atoms with van der Waals surface area (Å²) >= 11 is 6.12. The third-order valence-corrected chi connectivity index (χ3v) is 3.53. The zero-order valence-corrected chi connectivity index (χ0v) is 11.7. The number of phenolic OH excluding ortho intramolecular Hbond substituents is 3. The quantitative estimate of drug-likeness (QED) is 0.653. The molecule has 5 heteroatoms. The van der Waals surface area contributed by atoms with E-state index in [4.69, 9.17) is 11.6 Å². The molecule has 0 fully saturated rings. The molecule has 0 saturated heterocycles. The van der Waals surface area contributed by atoms with Gasteiger partial charge in [-0.05, 0) is 24.6 Å². The van der Waals surface area contributed by atoms with Gasteiger partial charge in [0.25, 0.3) is 0 Å². The number of hydrogen-bond acceptors (Lipinski definition) is 4. The van der Waals surface area contributed by atoms with E-state index in [1.54, 1.807) is 6.07 Å². The van der Waals surface area contributed by atoms with Crippen LogP contribution >= 0.6 is 11.6 Å². The average Bonchev–Trinajstić information content (AvgIpc) is 2.44. The van der Waals surface area contributed by atoms with Gasteiger partial charge in [0.1, 0.15) is 0 Å². The first-order chi connectivity index (χ1) is 9.50. The van der Waals surface area contributed by atoms with Crippen LogP contribution in [0.15, 0.2) is 36.4 Å². The van der Waals surface area contributed by atoms with Crippen molar-refractivity contribution in [3.63, 3.8) is 0 Å². The summed E-state index contributed by atoms with van der Waals surface area (Å²) < 4.78 is 0. The molecule has 20 heavy (non-hydrogen) atoms. The number of phenols is 3. The Hall–Kier alpha value is -1.91. The van der Waals surface area contributed by atoms with Crippen LogP contribution < -0.4 is 5.32 Å². The van der Waals surface area contributed by atoms with Crippen molar-refractivity contribution in [2.45, 2.75) is 19.5 Å². The van der Waals surface area contributed by atoms with E-state index in [1.807, 2.05) is 31.2 Å². The molecule has 0 aliphatic rings. The summed E-state index contributed by atoms with van der Waals surface area (Å²) in [6.45, 7) is 2.30. The van der Waals surface area contributed by atoms with E-state index in [9.17, 15) is 15.3 Å². The van der Waals surface area contributed by atoms with E-state index in [0.29, 0.717) is 17.1 Å². The molecule has 0 aliphatic carbocycles. The normalized spacial score (nSPS) is 12.3. The number of rotatable bonds is 4. The Morgan fingerprint density at radius 2 is 1.75 bits per heavy atom. The largest absolute Gasteiger partial charge is 0.504 e. The zero-order chi connectivity index (χ0) is 14.7. The molecule has 0 aromatic heterocycles. The van der Waals surface area contributed by atoms with Crippen molar-refractivity contribution in [2.75, 3.05) is 0 Å². The van der Waals surface area contributed by atoms with Gasteiger partial charge in [0, 0.05) is 23.2 Å². The number of hydrogen-bond donors (Lipinski definition) is 4. The van der Waals surface area contributed by atoms with E-state index in [1.165, 1.54) is 6.07 Å². The highest BCUT2D eigenvalue weighted by Gasteiger charge is 2.13. The fraction of sp³-hybridized carbons (Fsp3) is 0.200. The highest BCUT2D eigenvalue weighted by Crippen LogP contribution is 2.37. The Bertz CT molecular complexity index is 616. The van der Waals surface area contributed by atoms with Gasteiger partial charge in [-0.3, -0.25) is 0 Å². The van der Waals surface area contributed by atoms with E-state index in [0.717, 1.165) is 5.56 Å². The second-order valence-corrected chi connectivity index (χ2v) is 4.97. The molecule has 0 heterocycles. The maximum absolute atomic E-state index is 9.74. The predicted molar refractivity (Wildman–Crippen MR) is 78.1 cm³/mol. The predicted octanol–water partition coefficient (Wildman–Crippen LogP) is 3.31. The minimum absolute atomic E-state index is 0.0148. The van der Waals surface area contributed by atoms with Crippen LogP contribution in [0.3, 0.4) is 0 Å². The molecule has 0 spiro atoms. The molecule has 106 valence electrons. The summed E-state index contributed by atoms with van der Waals surface area (Å²) in [5, 5.41) is 32.4. The summed E-state index contributed by atoms with van der Waals surface area (Å²) in [5.41, 5.74) is 1.45. The molecule has 2 aromatic rings. The Morgan fingerprint density at radius 1 is 1.05 bits per heavy atom. The van der Waals surface area contributed by atoms with Gasteiger partial charge in [-0.2, -0.15) is 0 Å². The molecular formula is C15H16ClNO3. The fourth-order valence-corrected chi connectivity index (χ4v) is 2.25. The smallest absolute Gasteiger partial charge is 0.200 e. The van der Waals surface area contributed by atoms with Crippen molar-refractivity contribution < 1.29 is 15.3 Å². The highest BCUT2D eigenvalue weighted by molar-refractivity contribution is 6.31. The van der Waals surface area contributed by atoms with Crippen molar-refractivity contribution >= 4 is 11.6 Å². The summed E-state index contributed by atoms with van der Waals surface area (Å²) in [7, 11) is 0. The molecular weight excluding hydrogens is 278 g/mol. The Balaban J connectivity index is 2.10. The molecule has 1 atom stereocenters. The molecule has 4 N–H and O–H groups in total. The van der Waals surface area contributed by atoms with Gasteiger partial charge in [-0.25, -0.2) is 0 Å². The molecule has 0 aliphatic heterocycles. The summed E-state index contributed by atoms with van der Waals surface area (Å²) in [4.78, 5) is 0. The first-order valence-corrected chi connectivity index (χ1v) is 6.59. The molecule has 0 amide bonds. The Kier molecular flexibility index (Phi) is 4.37. The standard InChI is InChI=1S/C15H16ClNO3/c1-9(11-4-2-3-5-12(11)16)17-8-10-6-7-13(18)15(20)14(10)19/h2-7,9,17-20H,8H2,1H3. The van der Waals surface area contributed by atoms with Crippen LogP contribution in [-0.2, 0) is 6.54 Å². The van der Waals surface area contributed by atoms with Gasteiger partial charge in [-0.15, -0.1) is 0 Å². The van der Waals surface area contributed by atoms with Gasteiger partial charge in [0.05, 0.1) is 0 Å². The molecule has 2 rings (SSSR count). The molecule has 0 radical (unpaired) electrons. The van der Waals surface area contributed by atoms with Gasteiger partial charge in [0.2, 0.25) is 5.75 Å². The average molecular weight is 294 g/mol. The van der Waals surface area contributed by atoms with E-state index in [2.05, 4.69) is 5.32 Å². The zero-order valence-electron chi connectivity index (χ0n) is 11.0. The second kappa shape index (κ2) is 6.03. The van der Waals surface area contributed by atoms with Gasteiger partial charge in [-0.1, -0.05) is 35.9 Å². The SMILES string of the molecule is CC(NCc1ccc(O)c(O)c1O)c1ccccc1Cl. The summed E-state index contributed by atoms with van der Waals surface area (Å²) in [5.74, 6) is -1.16. The van der Waals surface area contributed by atoms with Crippen LogP contribution in [0.25, 0.3) is 0 Å². The number of aromatic hydroxyl groups is 3. The lowest BCUT2D eigenvalue weighted by Gasteiger charge is -2.16. The van der Waals surface area contributed by atoms with Crippen molar-refractivity contribution in [1.29, 1.82) is 0 Å². The molecule has 0 bridgehead atoms. The van der Waals surface area contributed by atoms with E-state index < -0.39 is 5.75 Å². The van der Waals surface area contributed by atoms with Gasteiger partial charge >= 0.3 is 0 Å². The lowest BCUT2D eigenvalue weighted by Crippen LogP contribution is -2.18. The van der Waals surface area contributed by atoms with Crippen molar-refractivity contribution in [3.8, 4) is 17.2 Å². The molecule has 1 unspecified atom stereocenters. The molecule has 0 saturated carbocycles. The highest BCUT2D eigenvalue weighted by atomic mass is 35.5. The fourth-order valence-electron chi connectivity index (χ4n) is 1.95. The minimum Gasteiger partial charge on any atom is -0.504 e. The van der Waals surface area contributed by atoms with Gasteiger partial charge < -0.3 is 20.6 Å². The summed E-state index contributed by atoms with van der Waals surface area (Å²) in [6, 6.07) is 10.4. The van der Waals surface area contributed by atoms with Crippen molar-refractivity contribution in [3.05, 3.63) is 52.5 Å². The second-order valence-electron chi connectivity index (χ2n) is 4.57. The third kappa shape index (κ3) is 2.98. The topological polar surface area (TPSA) is 72.7 Å². The van der Waals surface area contributed by atoms with Crippen molar-refractivity contribution in [2.24, 2.45) is 0 Å². The molecule has 4 nitrogen and oxygen atoms in total. The van der Waals surface area contributed by atoms with Crippen LogP contribution in [0.1, 0.15) is 24.1 Å². The number of nitrogens with one attached hydrogen (secondary N) is 1. The minimum atomic E-state index is -0.505. The first kappa shape index (κ1) is 14.5. The maximum atomic E-state index is 9.74. The maximum Gasteiger partial charge on any atom is 0.200 e. The van der Waals surface area contributed by atoms with E-state index in [-0.39, 0.29) is 17.5 Å². The monoisotopic (exact) mass is 293 g/mol. The number of halogens is 1. The van der Waals surface area contributed by atoms with Crippen molar-refractivity contribution in [1.82, 2.24) is 5.32 Å². The Morgan fingerprint density at radius 3 is 2.45 bits per heavy atom. The van der Waals surface area contributed by atoms with Crippen LogP contribution in [-0.4, -0.2) is 15.3 Å². The lowest BCUT2D eigenvalue weighted by atomic mass is 10.1. The van der Waals surface area contributed by atoms with Gasteiger partial charge in [0.15, 0.2) is 11.5 Å². The van der Waals surface area contributed by atoms with Crippen LogP contribution in [0.5, 0.6) is 17.2 Å². The third-order valence-electron chi connectivity index (χ3n) is 3.18. The molecule has 2 aromatic carbocycles. The van der Waals surface area contributed by atoms with Crippen LogP contribution in [0, 0.1) is 0 Å². The van der Waals surface area contributed by atoms with E-state index >= 15 is 0 Å². The Labute approximate surface area is 122 Å². The first-order valence-electron chi connectivity index (χ1n) is 6.21. The lowest BCUT2D eigenvalue weighted by molar-refractivity contribution is 0.363.